The first-order valence-electron chi connectivity index (χ1n) is 20.6. The first-order chi connectivity index (χ1) is 30.2. The number of aromatic nitrogens is 5. The van der Waals surface area contributed by atoms with Gasteiger partial charge in [-0.15, -0.1) is 40.4 Å². The molecule has 0 fully saturated rings. The molecule has 8 aromatic carbocycles. The second kappa shape index (κ2) is 15.1. The Morgan fingerprint density at radius 3 is 1.79 bits per heavy atom. The molecule has 0 N–H and O–H groups in total. The monoisotopic (exact) mass is 990 g/mol. The van der Waals surface area contributed by atoms with Gasteiger partial charge >= 0.3 is 21.1 Å². The van der Waals surface area contributed by atoms with Crippen LogP contribution in [0.25, 0.3) is 77.5 Å². The van der Waals surface area contributed by atoms with Crippen LogP contribution >= 0.6 is 0 Å². The minimum Gasteiger partial charge on any atom is -0.367 e. The Hall–Kier alpha value is -7.11. The van der Waals surface area contributed by atoms with Crippen LogP contribution in [0, 0.1) is 12.1 Å². The SMILES string of the molecule is Cn1c(-c2[c-]c([Si](c3[c-]c4c(cc3)c3cc5c(cc3n4-c3ccccn3)c3ccccc3n5-c3ccccc3)(c3ccccc3)c3ccccc3)ccc2)nc2ccccc21.[Pt+2]. The molecule has 0 aliphatic rings. The maximum atomic E-state index is 5.12. The maximum Gasteiger partial charge on any atom is 2.00 e. The predicted octanol–water partition coefficient (Wildman–Crippen LogP) is 9.80. The van der Waals surface area contributed by atoms with Crippen molar-refractivity contribution in [2.24, 2.45) is 7.05 Å². The van der Waals surface area contributed by atoms with Crippen LogP contribution in [-0.2, 0) is 28.1 Å². The zero-order valence-electron chi connectivity index (χ0n) is 33.7. The Kier molecular flexibility index (Phi) is 9.22. The number of hydrogen-bond acceptors (Lipinski definition) is 2. The van der Waals surface area contributed by atoms with E-state index in [1.54, 1.807) is 0 Å². The first kappa shape index (κ1) is 37.9. The summed E-state index contributed by atoms with van der Waals surface area (Å²) in [6.45, 7) is 0. The number of pyridine rings is 1. The molecule has 62 heavy (non-hydrogen) atoms. The van der Waals surface area contributed by atoms with E-state index >= 15 is 0 Å². The van der Waals surface area contributed by atoms with Crippen LogP contribution in [-0.4, -0.2) is 31.7 Å². The molecule has 12 aromatic rings. The van der Waals surface area contributed by atoms with Crippen molar-refractivity contribution in [2.45, 2.75) is 0 Å². The number of benzene rings is 8. The zero-order chi connectivity index (χ0) is 40.5. The number of fused-ring (bicyclic) bond motifs is 7. The quantitative estimate of drug-likeness (QED) is 0.0908. The fourth-order valence-corrected chi connectivity index (χ4v) is 14.3. The topological polar surface area (TPSA) is 40.6 Å². The second-order valence-electron chi connectivity index (χ2n) is 15.7. The van der Waals surface area contributed by atoms with E-state index in [9.17, 15) is 0 Å². The molecule has 0 spiro atoms. The third-order valence-electron chi connectivity index (χ3n) is 12.4. The molecular weight excluding hydrogens is 954 g/mol. The molecule has 0 atom stereocenters. The standard InChI is InChI=1S/C55H37N5Si.Pt/c1-58-50-29-14-12-27-48(50)57-55(58)38-18-17-25-42(34-38)61(40-21-7-3-8-22-40,41-23-9-4-10-24-41)43-31-32-45-47-36-52-46(37-53(47)60(51(45)35-43)54-30-15-16-33-56-54)44-26-11-13-28-49(44)59(52)39-19-5-2-6-20-39;/h2-33,36-37H,1H3;/q-2;+2. The van der Waals surface area contributed by atoms with Crippen molar-refractivity contribution in [1.29, 1.82) is 0 Å². The average molecular weight is 991 g/mol. The number of para-hydroxylation sites is 4. The Balaban J connectivity index is 0.00000432. The van der Waals surface area contributed by atoms with E-state index in [-0.39, 0.29) is 21.1 Å². The summed E-state index contributed by atoms with van der Waals surface area (Å²) in [6.07, 6.45) is 1.88. The smallest absolute Gasteiger partial charge is 0.367 e. The van der Waals surface area contributed by atoms with Crippen LogP contribution < -0.4 is 20.7 Å². The summed E-state index contributed by atoms with van der Waals surface area (Å²) in [5, 5.41) is 9.46. The molecule has 0 bridgehead atoms. The Labute approximate surface area is 374 Å². The molecule has 4 aromatic heterocycles. The molecule has 7 heteroatoms. The van der Waals surface area contributed by atoms with Gasteiger partial charge in [-0.05, 0) is 70.4 Å². The molecular formula is C55H37N5PtSi. The van der Waals surface area contributed by atoms with E-state index in [0.29, 0.717) is 0 Å². The first-order valence-corrected chi connectivity index (χ1v) is 22.6. The average Bonchev–Trinajstić information content (AvgIpc) is 3.96. The normalized spacial score (nSPS) is 11.8. The summed E-state index contributed by atoms with van der Waals surface area (Å²) < 4.78 is 6.89. The zero-order valence-corrected chi connectivity index (χ0v) is 37.0. The molecule has 0 saturated carbocycles. The molecule has 0 aliphatic heterocycles. The van der Waals surface area contributed by atoms with Crippen molar-refractivity contribution in [3.05, 3.63) is 219 Å². The van der Waals surface area contributed by atoms with Crippen molar-refractivity contribution in [3.63, 3.8) is 0 Å². The largest absolute Gasteiger partial charge is 2.00 e. The van der Waals surface area contributed by atoms with Crippen LogP contribution in [0.3, 0.4) is 0 Å². The van der Waals surface area contributed by atoms with Gasteiger partial charge in [-0.2, -0.15) is 23.4 Å². The van der Waals surface area contributed by atoms with Crippen molar-refractivity contribution < 1.29 is 21.1 Å². The molecule has 0 unspecified atom stereocenters. The number of imidazole rings is 1. The third-order valence-corrected chi connectivity index (χ3v) is 17.0. The summed E-state index contributed by atoms with van der Waals surface area (Å²) in [5.41, 5.74) is 8.57. The summed E-state index contributed by atoms with van der Waals surface area (Å²) in [5.74, 6) is 1.74. The molecule has 5 nitrogen and oxygen atoms in total. The van der Waals surface area contributed by atoms with Crippen LogP contribution in [0.4, 0.5) is 0 Å². The Morgan fingerprint density at radius 1 is 0.468 bits per heavy atom. The van der Waals surface area contributed by atoms with Gasteiger partial charge in [-0.25, -0.2) is 4.98 Å². The Morgan fingerprint density at radius 2 is 1.08 bits per heavy atom. The van der Waals surface area contributed by atoms with Crippen molar-refractivity contribution >= 4 is 83.5 Å². The summed E-state index contributed by atoms with van der Waals surface area (Å²) in [7, 11) is -1.03. The molecule has 0 aliphatic carbocycles. The number of nitrogens with zero attached hydrogens (tertiary/aromatic N) is 5. The van der Waals surface area contributed by atoms with E-state index < -0.39 is 8.07 Å². The summed E-state index contributed by atoms with van der Waals surface area (Å²) >= 11 is 0. The fraction of sp³-hybridized carbons (Fsp3) is 0.0182. The van der Waals surface area contributed by atoms with Gasteiger partial charge in [-0.3, -0.25) is 4.98 Å². The Bertz CT molecular complexity index is 3560. The molecule has 296 valence electrons. The molecule has 12 rings (SSSR count). The van der Waals surface area contributed by atoms with Crippen molar-refractivity contribution in [3.8, 4) is 22.9 Å². The van der Waals surface area contributed by atoms with Gasteiger partial charge in [0.1, 0.15) is 13.9 Å². The minimum atomic E-state index is -3.12. The minimum absolute atomic E-state index is 0. The van der Waals surface area contributed by atoms with Gasteiger partial charge in [0.2, 0.25) is 0 Å². The van der Waals surface area contributed by atoms with E-state index in [0.717, 1.165) is 71.6 Å². The molecule has 0 saturated heterocycles. The molecule has 4 heterocycles. The van der Waals surface area contributed by atoms with Crippen LogP contribution in [0.5, 0.6) is 0 Å². The number of aryl methyl sites for hydroxylation is 1. The third kappa shape index (κ3) is 5.71. The van der Waals surface area contributed by atoms with Crippen LogP contribution in [0.1, 0.15) is 0 Å². The summed E-state index contributed by atoms with van der Waals surface area (Å²) in [6, 6.07) is 80.1. The predicted molar refractivity (Wildman–Crippen MR) is 254 cm³/mol. The van der Waals surface area contributed by atoms with Gasteiger partial charge in [-0.1, -0.05) is 121 Å². The van der Waals surface area contributed by atoms with Crippen LogP contribution in [0.2, 0.25) is 0 Å². The van der Waals surface area contributed by atoms with E-state index in [1.165, 1.54) is 26.7 Å². The molecule has 0 radical (unpaired) electrons. The van der Waals surface area contributed by atoms with E-state index in [1.807, 2.05) is 18.3 Å². The van der Waals surface area contributed by atoms with Gasteiger partial charge in [0.25, 0.3) is 0 Å². The van der Waals surface area contributed by atoms with Gasteiger partial charge < -0.3 is 13.7 Å². The van der Waals surface area contributed by atoms with Gasteiger partial charge in [0, 0.05) is 35.2 Å². The number of rotatable bonds is 7. The fourth-order valence-electron chi connectivity index (χ4n) is 9.71. The maximum absolute atomic E-state index is 5.12. The summed E-state index contributed by atoms with van der Waals surface area (Å²) in [4.78, 5) is 10.1. The van der Waals surface area contributed by atoms with Crippen molar-refractivity contribution in [2.75, 3.05) is 0 Å². The number of hydrogen-bond donors (Lipinski definition) is 0. The van der Waals surface area contributed by atoms with Gasteiger partial charge in [0.05, 0.1) is 27.9 Å². The van der Waals surface area contributed by atoms with E-state index in [2.05, 4.69) is 221 Å². The van der Waals surface area contributed by atoms with E-state index in [4.69, 9.17) is 9.97 Å². The van der Waals surface area contributed by atoms with Crippen molar-refractivity contribution in [1.82, 2.24) is 23.7 Å². The van der Waals surface area contributed by atoms with Gasteiger partial charge in [0.15, 0.2) is 0 Å². The van der Waals surface area contributed by atoms with Crippen LogP contribution in [0.15, 0.2) is 206 Å². The molecule has 0 amide bonds. The second-order valence-corrected chi connectivity index (χ2v) is 19.4.